The summed E-state index contributed by atoms with van der Waals surface area (Å²) in [7, 11) is 3.46. The van der Waals surface area contributed by atoms with E-state index in [0.717, 1.165) is 11.3 Å². The van der Waals surface area contributed by atoms with Crippen LogP contribution in [-0.4, -0.2) is 31.1 Å². The molecule has 0 aromatic heterocycles. The Balaban J connectivity index is 2.48. The maximum absolute atomic E-state index is 11.7. The van der Waals surface area contributed by atoms with E-state index in [4.69, 9.17) is 0 Å². The number of hydrogen-bond acceptors (Lipinski definition) is 3. The first-order valence-electron chi connectivity index (χ1n) is 4.83. The first-order chi connectivity index (χ1) is 7.63. The predicted molar refractivity (Wildman–Crippen MR) is 59.5 cm³/mol. The van der Waals surface area contributed by atoms with Gasteiger partial charge in [-0.25, -0.2) is 9.59 Å². The zero-order valence-electron chi connectivity index (χ0n) is 9.10. The second-order valence-corrected chi connectivity index (χ2v) is 3.71. The smallest absolute Gasteiger partial charge is 0.323 e. The second kappa shape index (κ2) is 3.79. The Hall–Kier alpha value is -2.13. The van der Waals surface area contributed by atoms with E-state index in [-0.39, 0.29) is 6.03 Å². The lowest BCUT2D eigenvalue weighted by molar-refractivity contribution is 0.212. The molecule has 0 atom stereocenters. The van der Waals surface area contributed by atoms with Gasteiger partial charge in [0.15, 0.2) is 0 Å². The summed E-state index contributed by atoms with van der Waals surface area (Å²) in [5.74, 6) is 0. The van der Waals surface area contributed by atoms with Crippen LogP contribution in [0.25, 0.3) is 0 Å². The molecule has 1 heterocycles. The SMILES string of the molecule is CN1Cc2cc(N=C=O)ccc2N(C)C1=O. The molecular formula is C11H11N3O2. The maximum atomic E-state index is 11.7. The van der Waals surface area contributed by atoms with Gasteiger partial charge in [-0.1, -0.05) is 0 Å². The molecule has 0 N–H and O–H groups in total. The van der Waals surface area contributed by atoms with Gasteiger partial charge in [0.05, 0.1) is 11.4 Å². The summed E-state index contributed by atoms with van der Waals surface area (Å²) in [6.45, 7) is 0.528. The molecule has 5 heteroatoms. The predicted octanol–water partition coefficient (Wildman–Crippen LogP) is 1.66. The third-order valence-electron chi connectivity index (χ3n) is 2.62. The van der Waals surface area contributed by atoms with Crippen molar-refractivity contribution in [3.63, 3.8) is 0 Å². The molecule has 0 radical (unpaired) electrons. The summed E-state index contributed by atoms with van der Waals surface area (Å²) >= 11 is 0. The Kier molecular flexibility index (Phi) is 2.46. The number of anilines is 1. The topological polar surface area (TPSA) is 53.0 Å². The number of isocyanates is 1. The Labute approximate surface area is 93.0 Å². The summed E-state index contributed by atoms with van der Waals surface area (Å²) in [5.41, 5.74) is 2.39. The van der Waals surface area contributed by atoms with Crippen molar-refractivity contribution < 1.29 is 9.59 Å². The van der Waals surface area contributed by atoms with Crippen LogP contribution < -0.4 is 4.90 Å². The maximum Gasteiger partial charge on any atom is 0.324 e. The molecule has 0 saturated carbocycles. The standard InChI is InChI=1S/C11H11N3O2/c1-13-6-8-5-9(12-7-15)3-4-10(8)14(2)11(13)16/h3-5H,6H2,1-2H3. The first kappa shape index (κ1) is 10.4. The fourth-order valence-electron chi connectivity index (χ4n) is 1.83. The lowest BCUT2D eigenvalue weighted by atomic mass is 10.1. The first-order valence-corrected chi connectivity index (χ1v) is 4.83. The van der Waals surface area contributed by atoms with Gasteiger partial charge in [-0.2, -0.15) is 4.99 Å². The molecule has 2 amide bonds. The van der Waals surface area contributed by atoms with Gasteiger partial charge < -0.3 is 4.90 Å². The van der Waals surface area contributed by atoms with E-state index in [1.54, 1.807) is 42.1 Å². The molecule has 0 unspecified atom stereocenters. The number of hydrogen-bond donors (Lipinski definition) is 0. The molecule has 2 rings (SSSR count). The van der Waals surface area contributed by atoms with Crippen molar-refractivity contribution in [2.45, 2.75) is 6.54 Å². The summed E-state index contributed by atoms with van der Waals surface area (Å²) < 4.78 is 0. The fourth-order valence-corrected chi connectivity index (χ4v) is 1.83. The van der Waals surface area contributed by atoms with E-state index in [1.165, 1.54) is 6.08 Å². The van der Waals surface area contributed by atoms with E-state index in [2.05, 4.69) is 4.99 Å². The Morgan fingerprint density at radius 1 is 1.38 bits per heavy atom. The number of rotatable bonds is 1. The normalized spacial score (nSPS) is 14.5. The summed E-state index contributed by atoms with van der Waals surface area (Å²) in [6.07, 6.45) is 1.50. The minimum atomic E-state index is -0.0425. The quantitative estimate of drug-likeness (QED) is 0.530. The Bertz CT molecular complexity index is 492. The van der Waals surface area contributed by atoms with Crippen LogP contribution in [-0.2, 0) is 11.3 Å². The van der Waals surface area contributed by atoms with Crippen molar-refractivity contribution >= 4 is 23.5 Å². The zero-order valence-corrected chi connectivity index (χ0v) is 9.10. The van der Waals surface area contributed by atoms with E-state index in [9.17, 15) is 9.59 Å². The lowest BCUT2D eigenvalue weighted by Gasteiger charge is -2.32. The third-order valence-corrected chi connectivity index (χ3v) is 2.62. The number of benzene rings is 1. The van der Waals surface area contributed by atoms with Crippen LogP contribution in [0.2, 0.25) is 0 Å². The van der Waals surface area contributed by atoms with E-state index >= 15 is 0 Å². The van der Waals surface area contributed by atoms with Gasteiger partial charge in [-0.05, 0) is 23.8 Å². The molecule has 16 heavy (non-hydrogen) atoms. The lowest BCUT2D eigenvalue weighted by Crippen LogP contribution is -2.42. The van der Waals surface area contributed by atoms with Crippen LogP contribution in [0.5, 0.6) is 0 Å². The van der Waals surface area contributed by atoms with Gasteiger partial charge in [0.1, 0.15) is 0 Å². The van der Waals surface area contributed by atoms with Crippen molar-refractivity contribution in [2.24, 2.45) is 4.99 Å². The van der Waals surface area contributed by atoms with Crippen LogP contribution >= 0.6 is 0 Å². The number of carbonyl (C=O) groups is 1. The van der Waals surface area contributed by atoms with Crippen LogP contribution in [0.4, 0.5) is 16.2 Å². The molecule has 1 aromatic carbocycles. The minimum Gasteiger partial charge on any atom is -0.323 e. The molecule has 1 aliphatic heterocycles. The van der Waals surface area contributed by atoms with Crippen molar-refractivity contribution in [3.8, 4) is 0 Å². The van der Waals surface area contributed by atoms with Crippen LogP contribution in [0.15, 0.2) is 23.2 Å². The Morgan fingerprint density at radius 2 is 2.12 bits per heavy atom. The Morgan fingerprint density at radius 3 is 2.81 bits per heavy atom. The summed E-state index contributed by atoms with van der Waals surface area (Å²) in [4.78, 5) is 28.6. The molecule has 0 spiro atoms. The average Bonchev–Trinajstić information content (AvgIpc) is 2.26. The molecule has 0 fully saturated rings. The largest absolute Gasteiger partial charge is 0.324 e. The molecule has 0 aliphatic carbocycles. The van der Waals surface area contributed by atoms with Gasteiger partial charge >= 0.3 is 6.03 Å². The molecule has 5 nitrogen and oxygen atoms in total. The third kappa shape index (κ3) is 1.57. The van der Waals surface area contributed by atoms with Gasteiger partial charge in [0, 0.05) is 20.6 Å². The number of amides is 2. The molecule has 1 aliphatic rings. The van der Waals surface area contributed by atoms with Gasteiger partial charge in [0.2, 0.25) is 6.08 Å². The number of urea groups is 1. The van der Waals surface area contributed by atoms with Crippen LogP contribution in [0, 0.1) is 0 Å². The van der Waals surface area contributed by atoms with Crippen molar-refractivity contribution in [1.82, 2.24) is 4.90 Å². The van der Waals surface area contributed by atoms with E-state index in [1.807, 2.05) is 0 Å². The number of aliphatic imine (C=N–C) groups is 1. The summed E-state index contributed by atoms with van der Waals surface area (Å²) in [6, 6.07) is 5.23. The molecule has 1 aromatic rings. The van der Waals surface area contributed by atoms with E-state index in [0.29, 0.717) is 12.2 Å². The van der Waals surface area contributed by atoms with Gasteiger partial charge in [-0.3, -0.25) is 4.90 Å². The summed E-state index contributed by atoms with van der Waals surface area (Å²) in [5, 5.41) is 0. The molecule has 82 valence electrons. The monoisotopic (exact) mass is 217 g/mol. The van der Waals surface area contributed by atoms with Crippen molar-refractivity contribution in [1.29, 1.82) is 0 Å². The van der Waals surface area contributed by atoms with Crippen LogP contribution in [0.3, 0.4) is 0 Å². The highest BCUT2D eigenvalue weighted by atomic mass is 16.2. The van der Waals surface area contributed by atoms with Gasteiger partial charge in [-0.15, -0.1) is 0 Å². The highest BCUT2D eigenvalue weighted by Crippen LogP contribution is 2.29. The minimum absolute atomic E-state index is 0.0425. The zero-order chi connectivity index (χ0) is 11.7. The fraction of sp³-hybridized carbons (Fsp3) is 0.273. The van der Waals surface area contributed by atoms with Crippen LogP contribution in [0.1, 0.15) is 5.56 Å². The highest BCUT2D eigenvalue weighted by molar-refractivity contribution is 5.94. The number of nitrogens with zero attached hydrogens (tertiary/aromatic N) is 3. The molecule has 0 saturated heterocycles. The van der Waals surface area contributed by atoms with E-state index < -0.39 is 0 Å². The number of carbonyl (C=O) groups excluding carboxylic acids is 2. The second-order valence-electron chi connectivity index (χ2n) is 3.71. The molecular weight excluding hydrogens is 206 g/mol. The number of fused-ring (bicyclic) bond motifs is 1. The van der Waals surface area contributed by atoms with Crippen molar-refractivity contribution in [2.75, 3.05) is 19.0 Å². The van der Waals surface area contributed by atoms with Gasteiger partial charge in [0.25, 0.3) is 0 Å². The van der Waals surface area contributed by atoms with Crippen molar-refractivity contribution in [3.05, 3.63) is 23.8 Å². The molecule has 0 bridgehead atoms. The average molecular weight is 217 g/mol. The highest BCUT2D eigenvalue weighted by Gasteiger charge is 2.24.